The lowest BCUT2D eigenvalue weighted by Gasteiger charge is -2.31. The number of halogens is 1. The number of nitrogens with zero attached hydrogens (tertiary/aromatic N) is 1. The number of ether oxygens (including phenoxy) is 1. The molecule has 0 aromatic heterocycles. The quantitative estimate of drug-likeness (QED) is 0.322. The molecular formula is C29H25ClN2O2. The summed E-state index contributed by atoms with van der Waals surface area (Å²) in [5.74, 6) is 1.00. The molecule has 1 aliphatic heterocycles. The van der Waals surface area contributed by atoms with Crippen molar-refractivity contribution in [3.63, 3.8) is 0 Å². The zero-order chi connectivity index (χ0) is 23.3. The number of benzene rings is 4. The van der Waals surface area contributed by atoms with Gasteiger partial charge in [-0.2, -0.15) is 0 Å². The van der Waals surface area contributed by atoms with Gasteiger partial charge in [-0.1, -0.05) is 60.1 Å². The number of nitrogens with one attached hydrogen (secondary N) is 1. The molecule has 0 saturated heterocycles. The zero-order valence-electron chi connectivity index (χ0n) is 18.7. The van der Waals surface area contributed by atoms with Crippen LogP contribution in [0.3, 0.4) is 0 Å². The van der Waals surface area contributed by atoms with E-state index in [0.717, 1.165) is 25.9 Å². The van der Waals surface area contributed by atoms with Crippen LogP contribution >= 0.6 is 11.6 Å². The highest BCUT2D eigenvalue weighted by Crippen LogP contribution is 2.32. The Balaban J connectivity index is 1.29. The maximum absolute atomic E-state index is 13.0. The zero-order valence-corrected chi connectivity index (χ0v) is 19.5. The number of carbonyl (C=O) groups is 1. The van der Waals surface area contributed by atoms with Gasteiger partial charge in [-0.05, 0) is 72.5 Å². The normalized spacial score (nSPS) is 12.7. The van der Waals surface area contributed by atoms with Gasteiger partial charge in [0.05, 0.1) is 5.69 Å². The number of aryl methyl sites for hydroxylation is 1. The van der Waals surface area contributed by atoms with Gasteiger partial charge in [-0.15, -0.1) is 0 Å². The fourth-order valence-corrected chi connectivity index (χ4v) is 4.43. The minimum atomic E-state index is -0.213. The molecule has 0 aliphatic carbocycles. The van der Waals surface area contributed by atoms with Crippen LogP contribution in [-0.4, -0.2) is 12.5 Å². The molecule has 0 spiro atoms. The van der Waals surface area contributed by atoms with E-state index < -0.39 is 0 Å². The van der Waals surface area contributed by atoms with Crippen LogP contribution < -0.4 is 15.0 Å². The topological polar surface area (TPSA) is 41.6 Å². The molecule has 0 atom stereocenters. The van der Waals surface area contributed by atoms with Crippen molar-refractivity contribution < 1.29 is 9.53 Å². The first-order chi connectivity index (χ1) is 16.7. The number of rotatable bonds is 6. The summed E-state index contributed by atoms with van der Waals surface area (Å²) in [5, 5.41) is 3.46. The van der Waals surface area contributed by atoms with E-state index in [-0.39, 0.29) is 5.91 Å². The largest absolute Gasteiger partial charge is 0.455 e. The molecule has 4 nitrogen and oxygen atoms in total. The van der Waals surface area contributed by atoms with Gasteiger partial charge in [-0.25, -0.2) is 0 Å². The Bertz CT molecular complexity index is 1290. The number of carbonyl (C=O) groups excluding carboxylic acids is 1. The predicted octanol–water partition coefficient (Wildman–Crippen LogP) is 7.34. The minimum Gasteiger partial charge on any atom is -0.455 e. The molecule has 0 radical (unpaired) electrons. The summed E-state index contributed by atoms with van der Waals surface area (Å²) in [7, 11) is 0. The lowest BCUT2D eigenvalue weighted by molar-refractivity contribution is 0.102. The second-order valence-electron chi connectivity index (χ2n) is 8.36. The van der Waals surface area contributed by atoms with Crippen molar-refractivity contribution in [3.05, 3.63) is 119 Å². The molecule has 170 valence electrons. The molecular weight excluding hydrogens is 444 g/mol. The molecule has 1 amide bonds. The molecule has 4 aromatic carbocycles. The van der Waals surface area contributed by atoms with E-state index in [0.29, 0.717) is 27.8 Å². The van der Waals surface area contributed by atoms with E-state index >= 15 is 0 Å². The lowest BCUT2D eigenvalue weighted by Crippen LogP contribution is -2.28. The van der Waals surface area contributed by atoms with E-state index in [1.807, 2.05) is 54.6 Å². The Morgan fingerprint density at radius 3 is 2.50 bits per heavy atom. The second kappa shape index (κ2) is 10.0. The first-order valence-corrected chi connectivity index (χ1v) is 11.8. The van der Waals surface area contributed by atoms with Crippen molar-refractivity contribution in [2.45, 2.75) is 19.4 Å². The summed E-state index contributed by atoms with van der Waals surface area (Å²) in [6, 6.07) is 31.0. The average Bonchev–Trinajstić information content (AvgIpc) is 2.87. The molecule has 0 bridgehead atoms. The van der Waals surface area contributed by atoms with E-state index in [4.69, 9.17) is 16.3 Å². The first kappa shape index (κ1) is 22.1. The van der Waals surface area contributed by atoms with Gasteiger partial charge in [0.25, 0.3) is 5.91 Å². The molecule has 1 N–H and O–H groups in total. The number of anilines is 2. The summed E-state index contributed by atoms with van der Waals surface area (Å²) in [4.78, 5) is 15.4. The Kier molecular flexibility index (Phi) is 6.50. The Labute approximate surface area is 204 Å². The SMILES string of the molecule is O=C(Nc1cc(Cl)ccc1Oc1ccccc1)c1ccc(CN2CCCc3ccccc32)cc1. The molecule has 5 rings (SSSR count). The third-order valence-corrected chi connectivity index (χ3v) is 6.19. The molecule has 5 heteroatoms. The van der Waals surface area contributed by atoms with Crippen molar-refractivity contribution in [1.29, 1.82) is 0 Å². The third kappa shape index (κ3) is 5.08. The van der Waals surface area contributed by atoms with Crippen LogP contribution in [0.15, 0.2) is 97.1 Å². The predicted molar refractivity (Wildman–Crippen MR) is 138 cm³/mol. The van der Waals surface area contributed by atoms with Crippen LogP contribution in [0.4, 0.5) is 11.4 Å². The number of para-hydroxylation sites is 2. The molecule has 1 heterocycles. The monoisotopic (exact) mass is 468 g/mol. The van der Waals surface area contributed by atoms with Gasteiger partial charge in [0, 0.05) is 29.4 Å². The number of fused-ring (bicyclic) bond motifs is 1. The molecule has 34 heavy (non-hydrogen) atoms. The molecule has 0 saturated carbocycles. The lowest BCUT2D eigenvalue weighted by atomic mass is 10.0. The summed E-state index contributed by atoms with van der Waals surface area (Å²) in [5.41, 5.74) is 4.98. The van der Waals surface area contributed by atoms with Crippen molar-refractivity contribution in [2.24, 2.45) is 0 Å². The van der Waals surface area contributed by atoms with E-state index in [9.17, 15) is 4.79 Å². The maximum Gasteiger partial charge on any atom is 0.255 e. The van der Waals surface area contributed by atoms with Gasteiger partial charge in [0.2, 0.25) is 0 Å². The van der Waals surface area contributed by atoms with Crippen LogP contribution in [-0.2, 0) is 13.0 Å². The van der Waals surface area contributed by atoms with E-state index in [1.54, 1.807) is 18.2 Å². The summed E-state index contributed by atoms with van der Waals surface area (Å²) in [6.45, 7) is 1.86. The fraction of sp³-hybridized carbons (Fsp3) is 0.138. The highest BCUT2D eigenvalue weighted by molar-refractivity contribution is 6.31. The second-order valence-corrected chi connectivity index (χ2v) is 8.80. The standard InChI is InChI=1S/C29H25ClN2O2/c30-24-16-17-28(34-25-9-2-1-3-10-25)26(19-24)31-29(33)23-14-12-21(13-15-23)20-32-18-6-8-22-7-4-5-11-27(22)32/h1-5,7,9-17,19H,6,8,18,20H2,(H,31,33). The van der Waals surface area contributed by atoms with Gasteiger partial charge in [0.15, 0.2) is 5.75 Å². The highest BCUT2D eigenvalue weighted by atomic mass is 35.5. The molecule has 0 unspecified atom stereocenters. The van der Waals surface area contributed by atoms with Crippen LogP contribution in [0, 0.1) is 0 Å². The highest BCUT2D eigenvalue weighted by Gasteiger charge is 2.17. The van der Waals surface area contributed by atoms with E-state index in [1.165, 1.54) is 16.8 Å². The van der Waals surface area contributed by atoms with Crippen LogP contribution in [0.1, 0.15) is 27.9 Å². The molecule has 0 fully saturated rings. The Morgan fingerprint density at radius 1 is 0.912 bits per heavy atom. The van der Waals surface area contributed by atoms with Crippen LogP contribution in [0.2, 0.25) is 5.02 Å². The summed E-state index contributed by atoms with van der Waals surface area (Å²) >= 11 is 6.19. The number of hydrogen-bond acceptors (Lipinski definition) is 3. The van der Waals surface area contributed by atoms with E-state index in [2.05, 4.69) is 34.5 Å². The van der Waals surface area contributed by atoms with Gasteiger partial charge < -0.3 is 15.0 Å². The summed E-state index contributed by atoms with van der Waals surface area (Å²) < 4.78 is 5.95. The van der Waals surface area contributed by atoms with Gasteiger partial charge >= 0.3 is 0 Å². The molecule has 4 aromatic rings. The average molecular weight is 469 g/mol. The number of hydrogen-bond donors (Lipinski definition) is 1. The molecule has 1 aliphatic rings. The maximum atomic E-state index is 13.0. The van der Waals surface area contributed by atoms with Crippen molar-refractivity contribution in [1.82, 2.24) is 0 Å². The number of amides is 1. The Morgan fingerprint density at radius 2 is 1.68 bits per heavy atom. The van der Waals surface area contributed by atoms with Crippen molar-refractivity contribution >= 4 is 28.9 Å². The van der Waals surface area contributed by atoms with Crippen LogP contribution in [0.5, 0.6) is 11.5 Å². The van der Waals surface area contributed by atoms with Crippen molar-refractivity contribution in [3.8, 4) is 11.5 Å². The first-order valence-electron chi connectivity index (χ1n) is 11.4. The third-order valence-electron chi connectivity index (χ3n) is 5.96. The van der Waals surface area contributed by atoms with Gasteiger partial charge in [0.1, 0.15) is 5.75 Å². The van der Waals surface area contributed by atoms with Crippen molar-refractivity contribution in [2.75, 3.05) is 16.8 Å². The smallest absolute Gasteiger partial charge is 0.255 e. The minimum absolute atomic E-state index is 0.213. The van der Waals surface area contributed by atoms with Crippen LogP contribution in [0.25, 0.3) is 0 Å². The summed E-state index contributed by atoms with van der Waals surface area (Å²) in [6.07, 6.45) is 2.29. The Hall–Kier alpha value is -3.76. The fourth-order valence-electron chi connectivity index (χ4n) is 4.26. The van der Waals surface area contributed by atoms with Gasteiger partial charge in [-0.3, -0.25) is 4.79 Å².